The predicted molar refractivity (Wildman–Crippen MR) is 112 cm³/mol. The average molecular weight is 416 g/mol. The number of likely N-dealkylation sites (tertiary alicyclic amines) is 1. The van der Waals surface area contributed by atoms with E-state index in [1.54, 1.807) is 18.1 Å². The van der Waals surface area contributed by atoms with Crippen LogP contribution in [0.25, 0.3) is 21.9 Å². The van der Waals surface area contributed by atoms with Gasteiger partial charge in [-0.15, -0.1) is 0 Å². The lowest BCUT2D eigenvalue weighted by Gasteiger charge is -2.18. The molecule has 0 aliphatic carbocycles. The number of hydrogen-bond acceptors (Lipinski definition) is 3. The molecule has 6 heteroatoms. The second-order valence-electron chi connectivity index (χ2n) is 6.92. The second-order valence-corrected chi connectivity index (χ2v) is 7.79. The number of halogens is 2. The van der Waals surface area contributed by atoms with Crippen LogP contribution < -0.4 is 0 Å². The molecule has 1 fully saturated rings. The number of amides is 1. The van der Waals surface area contributed by atoms with Crippen LogP contribution in [0.2, 0.25) is 10.0 Å². The number of carbonyl (C=O) groups is 1. The van der Waals surface area contributed by atoms with E-state index >= 15 is 0 Å². The number of fused-ring (bicyclic) bond motifs is 1. The zero-order valence-electron chi connectivity index (χ0n) is 15.2. The Morgan fingerprint density at radius 2 is 1.71 bits per heavy atom. The standard InChI is InChI=1S/C22H19Cl2NO3/c1-28-21-12-25(11-20(21)26)22(27)19-7-6-16(17-4-2-3-5-18(17)19)13-8-14(23)10-15(24)9-13/h2-10,20-21,26H,11-12H2,1H3/t20-,21-/m0/s1. The molecule has 1 amide bonds. The first-order valence-corrected chi connectivity index (χ1v) is 9.72. The van der Waals surface area contributed by atoms with Crippen LogP contribution >= 0.6 is 23.2 Å². The Kier molecular flexibility index (Phi) is 5.30. The number of aliphatic hydroxyl groups is 1. The maximum absolute atomic E-state index is 13.1. The highest BCUT2D eigenvalue weighted by Gasteiger charge is 2.34. The van der Waals surface area contributed by atoms with Crippen LogP contribution in [0, 0.1) is 0 Å². The molecule has 1 heterocycles. The Morgan fingerprint density at radius 1 is 1.04 bits per heavy atom. The molecule has 0 aromatic heterocycles. The third kappa shape index (κ3) is 3.49. The molecule has 28 heavy (non-hydrogen) atoms. The van der Waals surface area contributed by atoms with Gasteiger partial charge in [0.25, 0.3) is 5.91 Å². The molecule has 0 bridgehead atoms. The minimum atomic E-state index is -0.673. The van der Waals surface area contributed by atoms with Gasteiger partial charge in [-0.2, -0.15) is 0 Å². The van der Waals surface area contributed by atoms with Gasteiger partial charge in [0.05, 0.1) is 6.10 Å². The highest BCUT2D eigenvalue weighted by molar-refractivity contribution is 6.35. The fourth-order valence-electron chi connectivity index (χ4n) is 3.77. The summed E-state index contributed by atoms with van der Waals surface area (Å²) in [5.41, 5.74) is 2.44. The van der Waals surface area contributed by atoms with Crippen molar-refractivity contribution in [1.29, 1.82) is 0 Å². The monoisotopic (exact) mass is 415 g/mol. The fraction of sp³-hybridized carbons (Fsp3) is 0.227. The molecule has 1 saturated heterocycles. The van der Waals surface area contributed by atoms with Crippen molar-refractivity contribution in [3.8, 4) is 11.1 Å². The van der Waals surface area contributed by atoms with Crippen molar-refractivity contribution in [3.63, 3.8) is 0 Å². The van der Waals surface area contributed by atoms with Gasteiger partial charge in [-0.25, -0.2) is 0 Å². The van der Waals surface area contributed by atoms with Gasteiger partial charge in [0.15, 0.2) is 0 Å². The smallest absolute Gasteiger partial charge is 0.254 e. The fourth-order valence-corrected chi connectivity index (χ4v) is 4.30. The quantitative estimate of drug-likeness (QED) is 0.677. The minimum Gasteiger partial charge on any atom is -0.388 e. The molecule has 0 unspecified atom stereocenters. The second kappa shape index (κ2) is 7.72. The van der Waals surface area contributed by atoms with E-state index in [0.717, 1.165) is 21.9 Å². The molecule has 0 saturated carbocycles. The number of β-amino-alcohol motifs (C(OH)–C–C–N with tert-alkyl or cyclic N) is 1. The Hall–Kier alpha value is -2.11. The normalized spacial score (nSPS) is 19.4. The van der Waals surface area contributed by atoms with Gasteiger partial charge < -0.3 is 14.7 Å². The van der Waals surface area contributed by atoms with Crippen LogP contribution in [-0.2, 0) is 4.74 Å². The molecule has 3 aromatic carbocycles. The molecule has 2 atom stereocenters. The number of rotatable bonds is 3. The number of aliphatic hydroxyl groups excluding tert-OH is 1. The van der Waals surface area contributed by atoms with Gasteiger partial charge in [-0.1, -0.05) is 53.5 Å². The van der Waals surface area contributed by atoms with E-state index in [4.69, 9.17) is 27.9 Å². The topological polar surface area (TPSA) is 49.8 Å². The van der Waals surface area contributed by atoms with Gasteiger partial charge in [-0.05, 0) is 46.2 Å². The molecule has 3 aromatic rings. The Balaban J connectivity index is 1.79. The van der Waals surface area contributed by atoms with Crippen molar-refractivity contribution in [2.45, 2.75) is 12.2 Å². The van der Waals surface area contributed by atoms with Crippen molar-refractivity contribution in [2.24, 2.45) is 0 Å². The van der Waals surface area contributed by atoms with Gasteiger partial charge in [-0.3, -0.25) is 4.79 Å². The Bertz CT molecular complexity index is 1030. The molecular weight excluding hydrogens is 397 g/mol. The first kappa shape index (κ1) is 19.2. The SMILES string of the molecule is CO[C@H]1CN(C(=O)c2ccc(-c3cc(Cl)cc(Cl)c3)c3ccccc23)C[C@@H]1O. The molecular formula is C22H19Cl2NO3. The lowest BCUT2D eigenvalue weighted by Crippen LogP contribution is -2.30. The minimum absolute atomic E-state index is 0.120. The maximum Gasteiger partial charge on any atom is 0.254 e. The summed E-state index contributed by atoms with van der Waals surface area (Å²) in [6, 6.07) is 16.9. The van der Waals surface area contributed by atoms with Crippen molar-refractivity contribution in [1.82, 2.24) is 4.90 Å². The zero-order chi connectivity index (χ0) is 19.8. The molecule has 4 rings (SSSR count). The molecule has 1 aliphatic rings. The van der Waals surface area contributed by atoms with E-state index in [1.165, 1.54) is 0 Å². The summed E-state index contributed by atoms with van der Waals surface area (Å²) in [5.74, 6) is -0.120. The van der Waals surface area contributed by atoms with E-state index in [0.29, 0.717) is 22.2 Å². The van der Waals surface area contributed by atoms with Gasteiger partial charge in [0.2, 0.25) is 0 Å². The molecule has 4 nitrogen and oxygen atoms in total. The molecule has 0 radical (unpaired) electrons. The molecule has 1 aliphatic heterocycles. The highest BCUT2D eigenvalue weighted by Crippen LogP contribution is 2.34. The number of methoxy groups -OCH3 is 1. The first-order chi connectivity index (χ1) is 13.5. The van der Waals surface area contributed by atoms with E-state index < -0.39 is 6.10 Å². The molecule has 144 valence electrons. The summed E-state index contributed by atoms with van der Waals surface area (Å²) in [7, 11) is 1.54. The Labute approximate surface area is 173 Å². The van der Waals surface area contributed by atoms with Crippen molar-refractivity contribution < 1.29 is 14.6 Å². The number of hydrogen-bond donors (Lipinski definition) is 1. The predicted octanol–water partition coefficient (Wildman–Crippen LogP) is 4.65. The maximum atomic E-state index is 13.1. The van der Waals surface area contributed by atoms with E-state index in [1.807, 2.05) is 48.5 Å². The van der Waals surface area contributed by atoms with Crippen molar-refractivity contribution in [2.75, 3.05) is 20.2 Å². The number of carbonyl (C=O) groups excluding carboxylic acids is 1. The van der Waals surface area contributed by atoms with Crippen LogP contribution in [0.4, 0.5) is 0 Å². The largest absolute Gasteiger partial charge is 0.388 e. The third-order valence-electron chi connectivity index (χ3n) is 5.15. The van der Waals surface area contributed by atoms with Crippen molar-refractivity contribution >= 4 is 39.9 Å². The first-order valence-electron chi connectivity index (χ1n) is 8.96. The summed E-state index contributed by atoms with van der Waals surface area (Å²) < 4.78 is 5.26. The van der Waals surface area contributed by atoms with Gasteiger partial charge >= 0.3 is 0 Å². The van der Waals surface area contributed by atoms with E-state index in [-0.39, 0.29) is 18.6 Å². The lowest BCUT2D eigenvalue weighted by atomic mass is 9.94. The highest BCUT2D eigenvalue weighted by atomic mass is 35.5. The Morgan fingerprint density at radius 3 is 2.36 bits per heavy atom. The summed E-state index contributed by atoms with van der Waals surface area (Å²) in [6.45, 7) is 0.633. The van der Waals surface area contributed by atoms with Crippen LogP contribution in [0.5, 0.6) is 0 Å². The van der Waals surface area contributed by atoms with Gasteiger partial charge in [0, 0.05) is 35.8 Å². The summed E-state index contributed by atoms with van der Waals surface area (Å²) in [4.78, 5) is 14.8. The van der Waals surface area contributed by atoms with Crippen LogP contribution in [0.15, 0.2) is 54.6 Å². The van der Waals surface area contributed by atoms with Crippen LogP contribution in [0.1, 0.15) is 10.4 Å². The van der Waals surface area contributed by atoms with E-state index in [9.17, 15) is 9.90 Å². The average Bonchev–Trinajstić information content (AvgIpc) is 3.06. The van der Waals surface area contributed by atoms with E-state index in [2.05, 4.69) is 0 Å². The summed E-state index contributed by atoms with van der Waals surface area (Å²) in [6.07, 6.45) is -1.03. The van der Waals surface area contributed by atoms with Crippen LogP contribution in [-0.4, -0.2) is 48.3 Å². The summed E-state index contributed by atoms with van der Waals surface area (Å²) >= 11 is 12.4. The lowest BCUT2D eigenvalue weighted by molar-refractivity contribution is 0.0215. The van der Waals surface area contributed by atoms with Crippen LogP contribution in [0.3, 0.4) is 0 Å². The van der Waals surface area contributed by atoms with Gasteiger partial charge in [0.1, 0.15) is 6.10 Å². The number of ether oxygens (including phenoxy) is 1. The van der Waals surface area contributed by atoms with Crippen molar-refractivity contribution in [3.05, 3.63) is 70.2 Å². The number of nitrogens with zero attached hydrogens (tertiary/aromatic N) is 1. The number of benzene rings is 3. The molecule has 0 spiro atoms. The molecule has 1 N–H and O–H groups in total. The third-order valence-corrected chi connectivity index (χ3v) is 5.59. The summed E-state index contributed by atoms with van der Waals surface area (Å²) in [5, 5.41) is 13.0. The zero-order valence-corrected chi connectivity index (χ0v) is 16.7.